The fourth-order valence-corrected chi connectivity index (χ4v) is 1.76. The smallest absolute Gasteiger partial charge is 0.126 e. The van der Waals surface area contributed by atoms with Gasteiger partial charge >= 0.3 is 0 Å². The zero-order valence-electron chi connectivity index (χ0n) is 8.02. The van der Waals surface area contributed by atoms with Crippen LogP contribution in [0.5, 0.6) is 0 Å². The number of nitrogens with two attached hydrogens (primary N) is 1. The largest absolute Gasteiger partial charge is 0.744 e. The molecule has 0 saturated carbocycles. The van der Waals surface area contributed by atoms with Crippen LogP contribution in [0.3, 0.4) is 0 Å². The molecule has 14 heavy (non-hydrogen) atoms. The van der Waals surface area contributed by atoms with Crippen LogP contribution in [-0.2, 0) is 10.1 Å². The summed E-state index contributed by atoms with van der Waals surface area (Å²) >= 11 is 0. The molecule has 1 rings (SSSR count). The molecule has 0 unspecified atom stereocenters. The predicted molar refractivity (Wildman–Crippen MR) is 52.9 cm³/mol. The third-order valence-corrected chi connectivity index (χ3v) is 2.87. The third kappa shape index (κ3) is 2.24. The van der Waals surface area contributed by atoms with Crippen molar-refractivity contribution in [3.63, 3.8) is 0 Å². The first-order chi connectivity index (χ1) is 6.32. The Labute approximate surface area is 83.5 Å². The van der Waals surface area contributed by atoms with E-state index >= 15 is 0 Å². The average Bonchev–Trinajstić information content (AvgIpc) is 2.02. The molecule has 0 radical (unpaired) electrons. The second-order valence-electron chi connectivity index (χ2n) is 3.41. The minimum absolute atomic E-state index is 0.00407. The van der Waals surface area contributed by atoms with Gasteiger partial charge in [-0.1, -0.05) is 19.9 Å². The molecule has 0 saturated heterocycles. The van der Waals surface area contributed by atoms with Crippen molar-refractivity contribution in [3.8, 4) is 0 Å². The van der Waals surface area contributed by atoms with E-state index in [2.05, 4.69) is 0 Å². The van der Waals surface area contributed by atoms with Crippen LogP contribution >= 0.6 is 0 Å². The van der Waals surface area contributed by atoms with Crippen LogP contribution in [0.25, 0.3) is 0 Å². The van der Waals surface area contributed by atoms with Gasteiger partial charge < -0.3 is 10.3 Å². The molecule has 2 N–H and O–H groups in total. The van der Waals surface area contributed by atoms with E-state index in [1.54, 1.807) is 6.07 Å². The number of nitrogen functional groups attached to an aromatic ring is 1. The maximum absolute atomic E-state index is 10.8. The standard InChI is InChI=1S/C9H13NO3S/c1-6(2)7-3-4-8(10)9(5-7)14(11,12)13/h3-6H,10H2,1-2H3,(H,11,12,13)/p-1. The van der Waals surface area contributed by atoms with Gasteiger partial charge in [0, 0.05) is 5.69 Å². The molecule has 0 amide bonds. The first-order valence-electron chi connectivity index (χ1n) is 4.17. The van der Waals surface area contributed by atoms with Crippen molar-refractivity contribution in [1.82, 2.24) is 0 Å². The van der Waals surface area contributed by atoms with E-state index in [0.717, 1.165) is 5.56 Å². The summed E-state index contributed by atoms with van der Waals surface area (Å²) in [4.78, 5) is -0.330. The van der Waals surface area contributed by atoms with E-state index in [1.807, 2.05) is 13.8 Å². The van der Waals surface area contributed by atoms with Crippen molar-refractivity contribution in [1.29, 1.82) is 0 Å². The molecule has 0 aliphatic heterocycles. The van der Waals surface area contributed by atoms with Gasteiger partial charge in [-0.05, 0) is 23.6 Å². The molecule has 0 aliphatic carbocycles. The lowest BCUT2D eigenvalue weighted by atomic mass is 10.0. The van der Waals surface area contributed by atoms with Crippen molar-refractivity contribution < 1.29 is 13.0 Å². The maximum Gasteiger partial charge on any atom is 0.126 e. The molecular formula is C9H12NO3S-. The zero-order valence-corrected chi connectivity index (χ0v) is 8.84. The van der Waals surface area contributed by atoms with Gasteiger partial charge in [-0.2, -0.15) is 0 Å². The third-order valence-electron chi connectivity index (χ3n) is 1.97. The highest BCUT2D eigenvalue weighted by molar-refractivity contribution is 7.86. The molecule has 1 aromatic carbocycles. The number of hydrogen-bond acceptors (Lipinski definition) is 4. The van der Waals surface area contributed by atoms with Crippen molar-refractivity contribution >= 4 is 15.8 Å². The summed E-state index contributed by atoms with van der Waals surface area (Å²) in [7, 11) is -4.46. The van der Waals surface area contributed by atoms with Gasteiger partial charge in [0.15, 0.2) is 0 Å². The van der Waals surface area contributed by atoms with Gasteiger partial charge in [0.25, 0.3) is 0 Å². The Balaban J connectivity index is 3.37. The van der Waals surface area contributed by atoms with E-state index in [9.17, 15) is 13.0 Å². The number of rotatable bonds is 2. The monoisotopic (exact) mass is 214 g/mol. The van der Waals surface area contributed by atoms with Crippen molar-refractivity contribution in [2.24, 2.45) is 0 Å². The minimum Gasteiger partial charge on any atom is -0.744 e. The second-order valence-corrected chi connectivity index (χ2v) is 4.75. The van der Waals surface area contributed by atoms with Gasteiger partial charge in [-0.25, -0.2) is 8.42 Å². The lowest BCUT2D eigenvalue weighted by molar-refractivity contribution is 0.463. The van der Waals surface area contributed by atoms with Crippen molar-refractivity contribution in [3.05, 3.63) is 23.8 Å². The highest BCUT2D eigenvalue weighted by Crippen LogP contribution is 2.23. The molecule has 1 aromatic rings. The highest BCUT2D eigenvalue weighted by Gasteiger charge is 2.09. The summed E-state index contributed by atoms with van der Waals surface area (Å²) < 4.78 is 32.4. The molecule has 0 aliphatic rings. The van der Waals surface area contributed by atoms with Gasteiger partial charge in [0.2, 0.25) is 0 Å². The van der Waals surface area contributed by atoms with Gasteiger partial charge in [-0.15, -0.1) is 0 Å². The molecule has 78 valence electrons. The van der Waals surface area contributed by atoms with E-state index in [1.165, 1.54) is 12.1 Å². The van der Waals surface area contributed by atoms with Crippen LogP contribution in [-0.4, -0.2) is 13.0 Å². The van der Waals surface area contributed by atoms with Gasteiger partial charge in [0.1, 0.15) is 10.1 Å². The van der Waals surface area contributed by atoms with E-state index in [4.69, 9.17) is 5.73 Å². The zero-order chi connectivity index (χ0) is 10.9. The van der Waals surface area contributed by atoms with E-state index < -0.39 is 10.1 Å². The Morgan fingerprint density at radius 3 is 2.36 bits per heavy atom. The summed E-state index contributed by atoms with van der Waals surface area (Å²) in [5.41, 5.74) is 6.19. The van der Waals surface area contributed by atoms with E-state index in [-0.39, 0.29) is 16.5 Å². The Hall–Kier alpha value is -1.07. The van der Waals surface area contributed by atoms with Crippen LogP contribution in [0.15, 0.2) is 23.1 Å². The Bertz CT molecular complexity index is 437. The fourth-order valence-electron chi connectivity index (χ4n) is 1.13. The van der Waals surface area contributed by atoms with E-state index in [0.29, 0.717) is 0 Å². The summed E-state index contributed by atoms with van der Waals surface area (Å²) in [6.07, 6.45) is 0. The Kier molecular flexibility index (Phi) is 2.82. The second kappa shape index (κ2) is 3.59. The first-order valence-corrected chi connectivity index (χ1v) is 5.58. The topological polar surface area (TPSA) is 83.2 Å². The number of hydrogen-bond donors (Lipinski definition) is 1. The minimum atomic E-state index is -4.46. The lowest BCUT2D eigenvalue weighted by Crippen LogP contribution is -2.04. The molecule has 5 heteroatoms. The number of benzene rings is 1. The molecule has 0 heterocycles. The van der Waals surface area contributed by atoms with Crippen LogP contribution < -0.4 is 5.73 Å². The molecule has 0 bridgehead atoms. The predicted octanol–water partition coefficient (Wildman–Crippen LogP) is 1.30. The molecular weight excluding hydrogens is 202 g/mol. The molecule has 0 fully saturated rings. The normalized spacial score (nSPS) is 12.0. The van der Waals surface area contributed by atoms with Crippen LogP contribution in [0.1, 0.15) is 25.3 Å². The maximum atomic E-state index is 10.8. The van der Waals surface area contributed by atoms with Crippen molar-refractivity contribution in [2.75, 3.05) is 5.73 Å². The molecule has 0 atom stereocenters. The summed E-state index contributed by atoms with van der Waals surface area (Å²) in [5.74, 6) is 0.163. The van der Waals surface area contributed by atoms with Crippen molar-refractivity contribution in [2.45, 2.75) is 24.7 Å². The first kappa shape index (κ1) is 11.0. The summed E-state index contributed by atoms with van der Waals surface area (Å²) in [6, 6.07) is 4.50. The van der Waals surface area contributed by atoms with Crippen LogP contribution in [0, 0.1) is 0 Å². The van der Waals surface area contributed by atoms with Crippen LogP contribution in [0.2, 0.25) is 0 Å². The fraction of sp³-hybridized carbons (Fsp3) is 0.333. The SMILES string of the molecule is CC(C)c1ccc(N)c(S(=O)(=O)[O-])c1. The van der Waals surface area contributed by atoms with Gasteiger partial charge in [-0.3, -0.25) is 0 Å². The quantitative estimate of drug-likeness (QED) is 0.594. The molecule has 0 spiro atoms. The number of anilines is 1. The van der Waals surface area contributed by atoms with Gasteiger partial charge in [0.05, 0.1) is 4.90 Å². The molecule has 4 nitrogen and oxygen atoms in total. The summed E-state index contributed by atoms with van der Waals surface area (Å²) in [5, 5.41) is 0. The van der Waals surface area contributed by atoms with Crippen LogP contribution in [0.4, 0.5) is 5.69 Å². The molecule has 0 aromatic heterocycles. The Morgan fingerprint density at radius 2 is 1.93 bits per heavy atom. The summed E-state index contributed by atoms with van der Waals surface area (Å²) in [6.45, 7) is 3.82. The lowest BCUT2D eigenvalue weighted by Gasteiger charge is -2.13. The average molecular weight is 214 g/mol. The Morgan fingerprint density at radius 1 is 1.36 bits per heavy atom. The highest BCUT2D eigenvalue weighted by atomic mass is 32.2.